The van der Waals surface area contributed by atoms with E-state index in [9.17, 15) is 8.42 Å². The van der Waals surface area contributed by atoms with E-state index in [0.29, 0.717) is 31.1 Å². The highest BCUT2D eigenvalue weighted by Crippen LogP contribution is 2.23. The van der Waals surface area contributed by atoms with Gasteiger partial charge >= 0.3 is 0 Å². The molecule has 0 aliphatic heterocycles. The van der Waals surface area contributed by atoms with Gasteiger partial charge in [-0.2, -0.15) is 0 Å². The molecule has 0 bridgehead atoms. The highest BCUT2D eigenvalue weighted by atomic mass is 32.2. The quantitative estimate of drug-likeness (QED) is 0.788. The zero-order valence-electron chi connectivity index (χ0n) is 12.8. The first-order chi connectivity index (χ1) is 9.27. The molecule has 0 radical (unpaired) electrons. The smallest absolute Gasteiger partial charge is 0.240 e. The maximum Gasteiger partial charge on any atom is 0.240 e. The van der Waals surface area contributed by atoms with Crippen LogP contribution in [0.1, 0.15) is 39.7 Å². The third kappa shape index (κ3) is 5.23. The summed E-state index contributed by atoms with van der Waals surface area (Å²) >= 11 is 0. The molecule has 114 valence electrons. The summed E-state index contributed by atoms with van der Waals surface area (Å²) in [7, 11) is -3.42. The van der Waals surface area contributed by atoms with Crippen molar-refractivity contribution in [2.45, 2.75) is 44.4 Å². The number of nitrogens with one attached hydrogen (secondary N) is 1. The fraction of sp³-hybridized carbons (Fsp3) is 0.600. The molecular weight excluding hydrogens is 274 g/mol. The lowest BCUT2D eigenvalue weighted by atomic mass is 9.87. The van der Waals surface area contributed by atoms with Crippen molar-refractivity contribution in [3.8, 4) is 0 Å². The summed E-state index contributed by atoms with van der Waals surface area (Å²) in [6.45, 7) is 9.83. The predicted molar refractivity (Wildman–Crippen MR) is 81.4 cm³/mol. The normalized spacial score (nSPS) is 12.6. The molecule has 20 heavy (non-hydrogen) atoms. The molecule has 4 nitrogen and oxygen atoms in total. The van der Waals surface area contributed by atoms with E-state index >= 15 is 0 Å². The Kier molecular flexibility index (Phi) is 6.17. The molecule has 0 spiro atoms. The monoisotopic (exact) mass is 299 g/mol. The minimum absolute atomic E-state index is 0.0210. The van der Waals surface area contributed by atoms with E-state index in [-0.39, 0.29) is 5.41 Å². The molecule has 0 unspecified atom stereocenters. The van der Waals surface area contributed by atoms with Crippen molar-refractivity contribution in [1.82, 2.24) is 4.72 Å². The van der Waals surface area contributed by atoms with Crippen LogP contribution in [0, 0.1) is 0 Å². The molecule has 0 saturated heterocycles. The van der Waals surface area contributed by atoms with Crippen molar-refractivity contribution in [3.63, 3.8) is 0 Å². The van der Waals surface area contributed by atoms with Gasteiger partial charge in [0.15, 0.2) is 0 Å². The molecule has 5 heteroatoms. The van der Waals surface area contributed by atoms with Crippen molar-refractivity contribution in [1.29, 1.82) is 0 Å². The Labute approximate surface area is 122 Å². The molecule has 1 rings (SSSR count). The molecule has 0 aromatic heterocycles. The van der Waals surface area contributed by atoms with E-state index in [1.807, 2.05) is 19.1 Å². The lowest BCUT2D eigenvalue weighted by Gasteiger charge is -2.19. The molecule has 1 aromatic carbocycles. The molecule has 0 amide bonds. The first-order valence-electron chi connectivity index (χ1n) is 6.95. The number of rotatable bonds is 7. The molecule has 0 fully saturated rings. The summed E-state index contributed by atoms with van der Waals surface area (Å²) < 4.78 is 31.9. The minimum Gasteiger partial charge on any atom is -0.382 e. The van der Waals surface area contributed by atoms with Gasteiger partial charge in [0.25, 0.3) is 0 Å². The van der Waals surface area contributed by atoms with E-state index in [4.69, 9.17) is 4.74 Å². The molecule has 0 saturated carbocycles. The zero-order valence-corrected chi connectivity index (χ0v) is 13.6. The standard InChI is InChI=1S/C15H25NO3S/c1-5-19-12-6-11-16-20(17,18)14-9-7-13(8-10-14)15(2,3)4/h7-10,16H,5-6,11-12H2,1-4H3. The third-order valence-electron chi connectivity index (χ3n) is 2.99. The Hall–Kier alpha value is -0.910. The maximum atomic E-state index is 12.1. The SMILES string of the molecule is CCOCCCNS(=O)(=O)c1ccc(C(C)(C)C)cc1. The first-order valence-corrected chi connectivity index (χ1v) is 8.43. The summed E-state index contributed by atoms with van der Waals surface area (Å²) in [5, 5.41) is 0. The Morgan fingerprint density at radius 1 is 1.15 bits per heavy atom. The predicted octanol–water partition coefficient (Wildman–Crippen LogP) is 2.69. The Balaban J connectivity index is 2.64. The molecule has 0 aliphatic carbocycles. The maximum absolute atomic E-state index is 12.1. The number of sulfonamides is 1. The lowest BCUT2D eigenvalue weighted by Crippen LogP contribution is -2.25. The van der Waals surface area contributed by atoms with Crippen LogP contribution in [0.3, 0.4) is 0 Å². The second-order valence-electron chi connectivity index (χ2n) is 5.72. The average Bonchev–Trinajstić information content (AvgIpc) is 2.37. The third-order valence-corrected chi connectivity index (χ3v) is 4.47. The fourth-order valence-corrected chi connectivity index (χ4v) is 2.82. The highest BCUT2D eigenvalue weighted by Gasteiger charge is 2.17. The van der Waals surface area contributed by atoms with Crippen LogP contribution >= 0.6 is 0 Å². The van der Waals surface area contributed by atoms with Crippen LogP contribution in [0.2, 0.25) is 0 Å². The number of hydrogen-bond acceptors (Lipinski definition) is 3. The Morgan fingerprint density at radius 2 is 1.75 bits per heavy atom. The molecule has 1 aromatic rings. The summed E-state index contributed by atoms with van der Waals surface area (Å²) in [6.07, 6.45) is 0.674. The fourth-order valence-electron chi connectivity index (χ4n) is 1.74. The van der Waals surface area contributed by atoms with E-state index in [1.54, 1.807) is 12.1 Å². The summed E-state index contributed by atoms with van der Waals surface area (Å²) in [5.41, 5.74) is 1.14. The molecule has 1 N–H and O–H groups in total. The van der Waals surface area contributed by atoms with Gasteiger partial charge in [0, 0.05) is 19.8 Å². The van der Waals surface area contributed by atoms with Gasteiger partial charge in [-0.25, -0.2) is 13.1 Å². The van der Waals surface area contributed by atoms with Gasteiger partial charge in [0.05, 0.1) is 4.90 Å². The van der Waals surface area contributed by atoms with Crippen molar-refractivity contribution < 1.29 is 13.2 Å². The first kappa shape index (κ1) is 17.1. The largest absolute Gasteiger partial charge is 0.382 e. The van der Waals surface area contributed by atoms with Gasteiger partial charge in [-0.3, -0.25) is 0 Å². The highest BCUT2D eigenvalue weighted by molar-refractivity contribution is 7.89. The lowest BCUT2D eigenvalue weighted by molar-refractivity contribution is 0.146. The second kappa shape index (κ2) is 7.20. The van der Waals surface area contributed by atoms with E-state index in [1.165, 1.54) is 0 Å². The summed E-state index contributed by atoms with van der Waals surface area (Å²) in [4.78, 5) is 0.307. The Bertz CT molecular complexity index is 501. The molecule has 0 aliphatic rings. The molecule has 0 atom stereocenters. The van der Waals surface area contributed by atoms with Gasteiger partial charge in [0.1, 0.15) is 0 Å². The van der Waals surface area contributed by atoms with Gasteiger partial charge < -0.3 is 4.74 Å². The average molecular weight is 299 g/mol. The number of hydrogen-bond donors (Lipinski definition) is 1. The van der Waals surface area contributed by atoms with Crippen LogP contribution in [0.15, 0.2) is 29.2 Å². The van der Waals surface area contributed by atoms with E-state index in [2.05, 4.69) is 25.5 Å². The van der Waals surface area contributed by atoms with Crippen molar-refractivity contribution in [2.24, 2.45) is 0 Å². The number of ether oxygens (including phenoxy) is 1. The van der Waals surface area contributed by atoms with Crippen LogP contribution in [0.4, 0.5) is 0 Å². The van der Waals surface area contributed by atoms with Gasteiger partial charge in [-0.15, -0.1) is 0 Å². The van der Waals surface area contributed by atoms with E-state index in [0.717, 1.165) is 5.56 Å². The number of benzene rings is 1. The summed E-state index contributed by atoms with van der Waals surface area (Å²) in [5.74, 6) is 0. The topological polar surface area (TPSA) is 55.4 Å². The second-order valence-corrected chi connectivity index (χ2v) is 7.49. The van der Waals surface area contributed by atoms with Crippen LogP contribution in [0.25, 0.3) is 0 Å². The van der Waals surface area contributed by atoms with Crippen LogP contribution in [-0.2, 0) is 20.2 Å². The van der Waals surface area contributed by atoms with Crippen LogP contribution in [0.5, 0.6) is 0 Å². The van der Waals surface area contributed by atoms with Crippen molar-refractivity contribution in [2.75, 3.05) is 19.8 Å². The Morgan fingerprint density at radius 3 is 2.25 bits per heavy atom. The van der Waals surface area contributed by atoms with Crippen molar-refractivity contribution >= 4 is 10.0 Å². The minimum atomic E-state index is -3.42. The van der Waals surface area contributed by atoms with E-state index < -0.39 is 10.0 Å². The molecule has 0 heterocycles. The van der Waals surface area contributed by atoms with Crippen LogP contribution in [-0.4, -0.2) is 28.2 Å². The summed E-state index contributed by atoms with van der Waals surface area (Å²) in [6, 6.07) is 7.06. The van der Waals surface area contributed by atoms with Gasteiger partial charge in [-0.05, 0) is 36.5 Å². The van der Waals surface area contributed by atoms with Gasteiger partial charge in [-0.1, -0.05) is 32.9 Å². The van der Waals surface area contributed by atoms with Gasteiger partial charge in [0.2, 0.25) is 10.0 Å². The molecular formula is C15H25NO3S. The zero-order chi connectivity index (χ0) is 15.2. The van der Waals surface area contributed by atoms with Crippen LogP contribution < -0.4 is 4.72 Å². The van der Waals surface area contributed by atoms with Crippen molar-refractivity contribution in [3.05, 3.63) is 29.8 Å².